The topological polar surface area (TPSA) is 21.6 Å². The Morgan fingerprint density at radius 2 is 1.68 bits per heavy atom. The van der Waals surface area contributed by atoms with Gasteiger partial charge in [-0.2, -0.15) is 22.0 Å². The zero-order chi connectivity index (χ0) is 19.0. The molecule has 1 radical (unpaired) electrons. The summed E-state index contributed by atoms with van der Waals surface area (Å²) in [6.45, 7) is 0. The quantitative estimate of drug-likeness (QED) is 0.551. The lowest BCUT2D eigenvalue weighted by Gasteiger charge is -2.26. The van der Waals surface area contributed by atoms with Gasteiger partial charge in [-0.1, -0.05) is 17.2 Å². The van der Waals surface area contributed by atoms with E-state index in [9.17, 15) is 35.1 Å². The number of quaternary nitrogens is 1. The van der Waals surface area contributed by atoms with Gasteiger partial charge in [0.15, 0.2) is 11.5 Å². The summed E-state index contributed by atoms with van der Waals surface area (Å²) < 4.78 is 105. The molecule has 1 aliphatic heterocycles. The first-order valence-corrected chi connectivity index (χ1v) is 6.59. The van der Waals surface area contributed by atoms with Crippen LogP contribution in [0.1, 0.15) is 0 Å². The second kappa shape index (κ2) is 6.28. The molecular weight excluding hydrogens is 364 g/mol. The molecule has 1 aromatic carbocycles. The number of benzene rings is 1. The highest BCUT2D eigenvalue weighted by molar-refractivity contribution is 5.96. The number of halogens is 8. The van der Waals surface area contributed by atoms with E-state index in [4.69, 9.17) is 0 Å². The van der Waals surface area contributed by atoms with Crippen molar-refractivity contribution in [3.8, 4) is 5.75 Å². The minimum Gasteiger partial charge on any atom is -0.424 e. The number of allylic oxidation sites excluding steroid dienone is 1. The van der Waals surface area contributed by atoms with Gasteiger partial charge in [-0.3, -0.25) is 0 Å². The van der Waals surface area contributed by atoms with Crippen LogP contribution in [0.2, 0.25) is 0 Å². The molecule has 0 aliphatic carbocycles. The fourth-order valence-electron chi connectivity index (χ4n) is 2.01. The Morgan fingerprint density at radius 1 is 1.08 bits per heavy atom. The van der Waals surface area contributed by atoms with Gasteiger partial charge >= 0.3 is 12.3 Å². The van der Waals surface area contributed by atoms with Crippen molar-refractivity contribution < 1.29 is 39.9 Å². The maximum atomic E-state index is 13.5. The third-order valence-corrected chi connectivity index (χ3v) is 3.17. The van der Waals surface area contributed by atoms with Gasteiger partial charge in [0, 0.05) is 6.07 Å². The summed E-state index contributed by atoms with van der Waals surface area (Å²) in [6.07, 6.45) is -15.5. The van der Waals surface area contributed by atoms with Crippen molar-refractivity contribution in [2.75, 3.05) is 7.05 Å². The molecule has 2 rings (SSSR count). The van der Waals surface area contributed by atoms with Crippen molar-refractivity contribution in [3.05, 3.63) is 36.5 Å². The summed E-state index contributed by atoms with van der Waals surface area (Å²) >= 11 is 0. The highest BCUT2D eigenvalue weighted by atomic mass is 19.4. The molecule has 1 aromatic rings. The fraction of sp³-hybridized carbons (Fsp3) is 0.357. The molecule has 0 bridgehead atoms. The van der Waals surface area contributed by atoms with Gasteiger partial charge in [0.25, 0.3) is 12.6 Å². The Balaban J connectivity index is 2.39. The predicted octanol–water partition coefficient (Wildman–Crippen LogP) is 4.45. The molecule has 0 aromatic heterocycles. The zero-order valence-electron chi connectivity index (χ0n) is 12.4. The van der Waals surface area contributed by atoms with Crippen LogP contribution in [-0.2, 0) is 0 Å². The Bertz CT molecular complexity index is 700. The van der Waals surface area contributed by atoms with Crippen LogP contribution in [0.3, 0.4) is 0 Å². The normalized spacial score (nSPS) is 22.2. The second-order valence-electron chi connectivity index (χ2n) is 5.12. The number of para-hydroxylation sites is 2. The van der Waals surface area contributed by atoms with E-state index in [2.05, 4.69) is 15.9 Å². The van der Waals surface area contributed by atoms with E-state index in [0.717, 1.165) is 24.4 Å². The molecule has 25 heavy (non-hydrogen) atoms. The Hall–Kier alpha value is -2.17. The van der Waals surface area contributed by atoms with E-state index in [1.807, 2.05) is 0 Å². The van der Waals surface area contributed by atoms with Crippen molar-refractivity contribution in [1.82, 2.24) is 4.59 Å². The first-order valence-electron chi connectivity index (χ1n) is 6.59. The average molecular weight is 374 g/mol. The molecule has 0 fully saturated rings. The summed E-state index contributed by atoms with van der Waals surface area (Å²) in [5.41, 5.74) is -1.08. The van der Waals surface area contributed by atoms with E-state index >= 15 is 0 Å². The van der Waals surface area contributed by atoms with Crippen molar-refractivity contribution in [1.29, 1.82) is 0 Å². The van der Waals surface area contributed by atoms with Crippen LogP contribution >= 0.6 is 0 Å². The minimum atomic E-state index is -5.85. The number of rotatable bonds is 5. The molecule has 0 spiro atoms. The van der Waals surface area contributed by atoms with Crippen LogP contribution in [0.15, 0.2) is 35.6 Å². The Labute approximate surface area is 136 Å². The molecule has 1 aliphatic rings. The van der Waals surface area contributed by atoms with Crippen molar-refractivity contribution in [2.45, 2.75) is 24.9 Å². The molecule has 1 heterocycles. The molecule has 2 atom stereocenters. The highest BCUT2D eigenvalue weighted by Gasteiger charge is 2.59. The lowest BCUT2D eigenvalue weighted by atomic mass is 10.2. The first kappa shape index (κ1) is 19.2. The van der Waals surface area contributed by atoms with Gasteiger partial charge in [-0.15, -0.1) is 4.59 Å². The van der Waals surface area contributed by atoms with E-state index < -0.39 is 40.9 Å². The molecule has 0 N–H and O–H groups in total. The van der Waals surface area contributed by atoms with Crippen LogP contribution in [0, 0.1) is 6.08 Å². The number of alkyl halides is 8. The SMILES string of the molecule is C[N+]1(c2ccccc2OC(F)(F)C(F)C(F)(F)F)C=[C]C(C(F)F)=N1. The smallest absolute Gasteiger partial charge is 0.424 e. The molecule has 0 amide bonds. The van der Waals surface area contributed by atoms with Gasteiger partial charge in [0.1, 0.15) is 13.2 Å². The standard InChI is InChI=1S/C14H10F8N2O/c1-24(7-6-8(23-24)11(15)16)9-4-2-3-5-10(9)25-14(21,22)12(17)13(18,19)20/h2-5,7,11-12H,1H3/q+1. The number of hydrogen-bond acceptors (Lipinski definition) is 2. The fourth-order valence-corrected chi connectivity index (χ4v) is 2.01. The van der Waals surface area contributed by atoms with Crippen LogP contribution in [0.25, 0.3) is 0 Å². The second-order valence-corrected chi connectivity index (χ2v) is 5.12. The molecule has 11 heteroatoms. The average Bonchev–Trinajstić information content (AvgIpc) is 2.89. The van der Waals surface area contributed by atoms with Crippen molar-refractivity contribution in [2.24, 2.45) is 5.10 Å². The maximum absolute atomic E-state index is 13.5. The molecule has 137 valence electrons. The Morgan fingerprint density at radius 3 is 2.20 bits per heavy atom. The van der Waals surface area contributed by atoms with Crippen LogP contribution in [-0.4, -0.2) is 37.6 Å². The molecule has 0 saturated heterocycles. The van der Waals surface area contributed by atoms with Crippen LogP contribution in [0.4, 0.5) is 40.8 Å². The summed E-state index contributed by atoms with van der Waals surface area (Å²) in [5, 5.41) is 3.57. The van der Waals surface area contributed by atoms with Crippen molar-refractivity contribution >= 4 is 11.4 Å². The summed E-state index contributed by atoms with van der Waals surface area (Å²) in [6, 6.07) is 4.40. The lowest BCUT2D eigenvalue weighted by molar-refractivity contribution is -0.304. The van der Waals surface area contributed by atoms with Crippen molar-refractivity contribution in [3.63, 3.8) is 0 Å². The Kier molecular flexibility index (Phi) is 4.81. The molecular formula is C14H10F8N2O+. The monoisotopic (exact) mass is 374 g/mol. The maximum Gasteiger partial charge on any atom is 0.439 e. The van der Waals surface area contributed by atoms with Crippen LogP contribution < -0.4 is 9.33 Å². The molecule has 3 nitrogen and oxygen atoms in total. The van der Waals surface area contributed by atoms with Gasteiger partial charge in [-0.25, -0.2) is 13.2 Å². The zero-order valence-corrected chi connectivity index (χ0v) is 12.4. The van der Waals surface area contributed by atoms with Gasteiger partial charge < -0.3 is 4.74 Å². The third kappa shape index (κ3) is 3.91. The van der Waals surface area contributed by atoms with E-state index in [1.54, 1.807) is 0 Å². The van der Waals surface area contributed by atoms with Gasteiger partial charge in [-0.05, 0) is 6.07 Å². The molecule has 2 unspecified atom stereocenters. The number of nitrogens with zero attached hydrogens (tertiary/aromatic N) is 2. The summed E-state index contributed by atoms with van der Waals surface area (Å²) in [5.74, 6) is -0.848. The van der Waals surface area contributed by atoms with E-state index in [-0.39, 0.29) is 5.69 Å². The predicted molar refractivity (Wildman–Crippen MR) is 71.9 cm³/mol. The van der Waals surface area contributed by atoms with Crippen LogP contribution in [0.5, 0.6) is 5.75 Å². The van der Waals surface area contributed by atoms with E-state index in [0.29, 0.717) is 0 Å². The van der Waals surface area contributed by atoms with Gasteiger partial charge in [0.05, 0.1) is 6.08 Å². The highest BCUT2D eigenvalue weighted by Crippen LogP contribution is 2.41. The number of hydrogen-bond donors (Lipinski definition) is 0. The third-order valence-electron chi connectivity index (χ3n) is 3.17. The summed E-state index contributed by atoms with van der Waals surface area (Å²) in [7, 11) is 1.18. The first-order chi connectivity index (χ1) is 11.4. The minimum absolute atomic E-state index is 0.306. The lowest BCUT2D eigenvalue weighted by Crippen LogP contribution is -2.46. The summed E-state index contributed by atoms with van der Waals surface area (Å²) in [4.78, 5) is 0. The number of ether oxygens (including phenoxy) is 1. The van der Waals surface area contributed by atoms with E-state index in [1.165, 1.54) is 13.1 Å². The molecule has 0 saturated carbocycles. The van der Waals surface area contributed by atoms with Gasteiger partial charge in [0.2, 0.25) is 5.69 Å². The largest absolute Gasteiger partial charge is 0.439 e.